The summed E-state index contributed by atoms with van der Waals surface area (Å²) in [6.45, 7) is 2.92. The van der Waals surface area contributed by atoms with Crippen LogP contribution < -0.4 is 14.4 Å². The van der Waals surface area contributed by atoms with E-state index in [2.05, 4.69) is 6.07 Å². The molecule has 2 aromatic carbocycles. The average Bonchev–Trinajstić information content (AvgIpc) is 3.43. The van der Waals surface area contributed by atoms with Gasteiger partial charge >= 0.3 is 0 Å². The van der Waals surface area contributed by atoms with Crippen LogP contribution in [0.15, 0.2) is 52.9 Å². The fraction of sp³-hybridized carbons (Fsp3) is 0.261. The van der Waals surface area contributed by atoms with Gasteiger partial charge in [0.2, 0.25) is 6.79 Å². The summed E-state index contributed by atoms with van der Waals surface area (Å²) < 4.78 is 23.1. The third kappa shape index (κ3) is 2.23. The summed E-state index contributed by atoms with van der Waals surface area (Å²) >= 11 is 0. The van der Waals surface area contributed by atoms with Crippen molar-refractivity contribution in [2.75, 3.05) is 18.3 Å². The maximum atomic E-state index is 13.9. The topological polar surface area (TPSA) is 61.1 Å². The Morgan fingerprint density at radius 1 is 1.07 bits per heavy atom. The zero-order valence-corrected chi connectivity index (χ0v) is 15.9. The first-order valence-corrected chi connectivity index (χ1v) is 9.70. The molecule has 3 aliphatic heterocycles. The number of rotatable bonds is 3. The molecule has 6 heteroatoms. The molecule has 1 atom stereocenters. The van der Waals surface area contributed by atoms with Crippen LogP contribution in [0.4, 0.5) is 5.69 Å². The monoisotopic (exact) mass is 389 g/mol. The van der Waals surface area contributed by atoms with Gasteiger partial charge in [-0.05, 0) is 49.2 Å². The molecule has 6 rings (SSSR count). The van der Waals surface area contributed by atoms with Crippen molar-refractivity contribution in [3.63, 3.8) is 0 Å². The number of benzene rings is 2. The number of nitrogens with zero attached hydrogens (tertiary/aromatic N) is 1. The van der Waals surface area contributed by atoms with E-state index in [0.717, 1.165) is 40.3 Å². The Morgan fingerprint density at radius 2 is 1.97 bits per heavy atom. The summed E-state index contributed by atoms with van der Waals surface area (Å²) in [6, 6.07) is 15.5. The molecule has 1 unspecified atom stereocenters. The Balaban J connectivity index is 1.53. The van der Waals surface area contributed by atoms with Crippen molar-refractivity contribution >= 4 is 11.6 Å². The number of carbonyl (C=O) groups excluding carboxylic acids is 1. The molecule has 3 aromatic rings. The highest BCUT2D eigenvalue weighted by molar-refractivity contribution is 6.10. The second-order valence-electron chi connectivity index (χ2n) is 7.56. The first kappa shape index (κ1) is 16.7. The van der Waals surface area contributed by atoms with Crippen LogP contribution in [-0.2, 0) is 28.1 Å². The minimum Gasteiger partial charge on any atom is -0.464 e. The van der Waals surface area contributed by atoms with Crippen molar-refractivity contribution in [3.05, 3.63) is 76.7 Å². The quantitative estimate of drug-likeness (QED) is 0.684. The molecule has 1 amide bonds. The van der Waals surface area contributed by atoms with E-state index < -0.39 is 5.60 Å². The van der Waals surface area contributed by atoms with Gasteiger partial charge in [-0.2, -0.15) is 0 Å². The Labute approximate surface area is 167 Å². The van der Waals surface area contributed by atoms with E-state index in [4.69, 9.17) is 18.6 Å². The molecule has 0 saturated heterocycles. The lowest BCUT2D eigenvalue weighted by atomic mass is 9.82. The van der Waals surface area contributed by atoms with Crippen LogP contribution in [0.5, 0.6) is 11.5 Å². The van der Waals surface area contributed by atoms with Crippen molar-refractivity contribution < 1.29 is 23.4 Å². The Bertz CT molecular complexity index is 1150. The predicted molar refractivity (Wildman–Crippen MR) is 104 cm³/mol. The van der Waals surface area contributed by atoms with Crippen LogP contribution in [-0.4, -0.2) is 19.3 Å². The fourth-order valence-corrected chi connectivity index (χ4v) is 4.63. The zero-order chi connectivity index (χ0) is 19.6. The van der Waals surface area contributed by atoms with Gasteiger partial charge in [0.15, 0.2) is 17.1 Å². The maximum Gasteiger partial charge on any atom is 0.269 e. The predicted octanol–water partition coefficient (Wildman–Crippen LogP) is 3.68. The molecule has 1 aromatic heterocycles. The van der Waals surface area contributed by atoms with Crippen molar-refractivity contribution in [1.82, 2.24) is 0 Å². The smallest absolute Gasteiger partial charge is 0.269 e. The van der Waals surface area contributed by atoms with Crippen molar-refractivity contribution in [3.8, 4) is 11.5 Å². The number of anilines is 1. The number of hydrogen-bond donors (Lipinski definition) is 0. The summed E-state index contributed by atoms with van der Waals surface area (Å²) in [6.07, 6.45) is 0.774. The largest absolute Gasteiger partial charge is 0.464 e. The maximum absolute atomic E-state index is 13.9. The number of furan rings is 1. The summed E-state index contributed by atoms with van der Waals surface area (Å²) in [7, 11) is 0. The van der Waals surface area contributed by atoms with E-state index >= 15 is 0 Å². The molecule has 0 saturated carbocycles. The van der Waals surface area contributed by atoms with Crippen LogP contribution in [0, 0.1) is 6.92 Å². The highest BCUT2D eigenvalue weighted by Gasteiger charge is 2.56. The SMILES string of the molecule is Cc1ccc(CN2C(=O)C3(c4ccc5c(c4)OCO5)OCCc4cccc2c43)o1. The van der Waals surface area contributed by atoms with Gasteiger partial charge in [-0.15, -0.1) is 0 Å². The Morgan fingerprint density at radius 3 is 2.83 bits per heavy atom. The van der Waals surface area contributed by atoms with Crippen molar-refractivity contribution in [2.45, 2.75) is 25.5 Å². The Kier molecular flexibility index (Phi) is 3.38. The van der Waals surface area contributed by atoms with Crippen LogP contribution in [0.1, 0.15) is 28.2 Å². The molecule has 0 bridgehead atoms. The van der Waals surface area contributed by atoms with E-state index in [1.54, 1.807) is 4.90 Å². The number of aryl methyl sites for hydroxylation is 1. The highest BCUT2D eigenvalue weighted by Crippen LogP contribution is 2.52. The minimum absolute atomic E-state index is 0.104. The van der Waals surface area contributed by atoms with Gasteiger partial charge in [0.1, 0.15) is 11.5 Å². The van der Waals surface area contributed by atoms with Crippen LogP contribution in [0.25, 0.3) is 0 Å². The lowest BCUT2D eigenvalue weighted by Gasteiger charge is -2.34. The first-order valence-electron chi connectivity index (χ1n) is 9.70. The summed E-state index contributed by atoms with van der Waals surface area (Å²) in [5.74, 6) is 2.78. The summed E-state index contributed by atoms with van der Waals surface area (Å²) in [5.41, 5.74) is 2.53. The van der Waals surface area contributed by atoms with Gasteiger partial charge in [-0.1, -0.05) is 18.2 Å². The molecule has 3 aliphatic rings. The van der Waals surface area contributed by atoms with Gasteiger partial charge in [0.05, 0.1) is 18.8 Å². The van der Waals surface area contributed by atoms with Gasteiger partial charge < -0.3 is 23.5 Å². The molecular formula is C23H19NO5. The lowest BCUT2D eigenvalue weighted by molar-refractivity contribution is -0.139. The van der Waals surface area contributed by atoms with Crippen molar-refractivity contribution in [2.24, 2.45) is 0 Å². The van der Waals surface area contributed by atoms with E-state index in [9.17, 15) is 4.79 Å². The lowest BCUT2D eigenvalue weighted by Crippen LogP contribution is -2.45. The average molecular weight is 389 g/mol. The molecule has 0 spiro atoms. The van der Waals surface area contributed by atoms with Gasteiger partial charge in [0.25, 0.3) is 5.91 Å². The summed E-state index contributed by atoms with van der Waals surface area (Å²) in [5, 5.41) is 0. The third-order valence-corrected chi connectivity index (χ3v) is 5.90. The molecule has 0 aliphatic carbocycles. The van der Waals surface area contributed by atoms with E-state index in [1.165, 1.54) is 0 Å². The van der Waals surface area contributed by atoms with E-state index in [0.29, 0.717) is 24.7 Å². The third-order valence-electron chi connectivity index (χ3n) is 5.90. The number of amides is 1. The molecule has 0 radical (unpaired) electrons. The minimum atomic E-state index is -1.17. The van der Waals surface area contributed by atoms with Crippen LogP contribution in [0.3, 0.4) is 0 Å². The number of fused-ring (bicyclic) bond motifs is 1. The Hall–Kier alpha value is -3.25. The standard InChI is InChI=1S/C23H19NO5/c1-14-5-7-17(29-14)12-24-18-4-2-3-15-9-10-28-23(21(15)18,22(24)25)16-6-8-19-20(11-16)27-13-26-19/h2-8,11H,9-10,12-13H2,1H3. The van der Waals surface area contributed by atoms with Gasteiger partial charge in [-0.25, -0.2) is 0 Å². The summed E-state index contributed by atoms with van der Waals surface area (Å²) in [4.78, 5) is 15.7. The fourth-order valence-electron chi connectivity index (χ4n) is 4.63. The molecule has 0 fully saturated rings. The molecular weight excluding hydrogens is 370 g/mol. The van der Waals surface area contributed by atoms with Crippen molar-refractivity contribution in [1.29, 1.82) is 0 Å². The molecule has 6 nitrogen and oxygen atoms in total. The molecule has 29 heavy (non-hydrogen) atoms. The molecule has 4 heterocycles. The number of ether oxygens (including phenoxy) is 3. The molecule has 146 valence electrons. The normalized spacial score (nSPS) is 21.6. The van der Waals surface area contributed by atoms with E-state index in [1.807, 2.05) is 49.4 Å². The second kappa shape index (κ2) is 5.87. The number of carbonyl (C=O) groups is 1. The van der Waals surface area contributed by atoms with Gasteiger partial charge in [0, 0.05) is 11.1 Å². The van der Waals surface area contributed by atoms with Crippen LogP contribution in [0.2, 0.25) is 0 Å². The molecule has 0 N–H and O–H groups in total. The second-order valence-corrected chi connectivity index (χ2v) is 7.56. The first-order chi connectivity index (χ1) is 14.2. The highest BCUT2D eigenvalue weighted by atomic mass is 16.7. The zero-order valence-electron chi connectivity index (χ0n) is 15.9. The number of hydrogen-bond acceptors (Lipinski definition) is 5. The van der Waals surface area contributed by atoms with E-state index in [-0.39, 0.29) is 12.7 Å². The van der Waals surface area contributed by atoms with Crippen LogP contribution >= 0.6 is 0 Å². The van der Waals surface area contributed by atoms with Gasteiger partial charge in [-0.3, -0.25) is 4.79 Å².